The number of furan rings is 1. The second-order valence-electron chi connectivity index (χ2n) is 5.38. The van der Waals surface area contributed by atoms with Crippen molar-refractivity contribution in [3.8, 4) is 11.3 Å². The summed E-state index contributed by atoms with van der Waals surface area (Å²) in [4.78, 5) is 21.8. The van der Waals surface area contributed by atoms with Gasteiger partial charge in [0, 0.05) is 22.7 Å². The second-order valence-corrected chi connectivity index (χ2v) is 5.81. The summed E-state index contributed by atoms with van der Waals surface area (Å²) < 4.78 is 5.68. The highest BCUT2D eigenvalue weighted by Gasteiger charge is 2.14. The van der Waals surface area contributed by atoms with Gasteiger partial charge < -0.3 is 9.52 Å². The molecule has 0 aliphatic carbocycles. The van der Waals surface area contributed by atoms with Crippen molar-refractivity contribution in [3.63, 3.8) is 0 Å². The van der Waals surface area contributed by atoms with E-state index >= 15 is 0 Å². The standard InChI is InChI=1S/C19H12ClNO5/c20-14-5-1-13(2-6-14)18-10-9-16(26-18)11-17(19(22)23)12-3-7-15(8-4-12)21(24)25/h1-11H,(H,22,23)/b17-11+. The van der Waals surface area contributed by atoms with Crippen LogP contribution in [-0.2, 0) is 4.79 Å². The zero-order valence-electron chi connectivity index (χ0n) is 13.3. The third-order valence-corrected chi connectivity index (χ3v) is 3.91. The summed E-state index contributed by atoms with van der Waals surface area (Å²) in [6.07, 6.45) is 1.38. The van der Waals surface area contributed by atoms with Gasteiger partial charge in [-0.1, -0.05) is 11.6 Å². The Morgan fingerprint density at radius 3 is 2.27 bits per heavy atom. The fourth-order valence-electron chi connectivity index (χ4n) is 2.37. The van der Waals surface area contributed by atoms with Crippen LogP contribution in [0.1, 0.15) is 11.3 Å². The van der Waals surface area contributed by atoms with Crippen LogP contribution in [0.25, 0.3) is 23.0 Å². The van der Waals surface area contributed by atoms with Crippen molar-refractivity contribution in [2.24, 2.45) is 0 Å². The molecular weight excluding hydrogens is 358 g/mol. The van der Waals surface area contributed by atoms with E-state index in [1.807, 2.05) is 0 Å². The van der Waals surface area contributed by atoms with Crippen LogP contribution in [0.4, 0.5) is 5.69 Å². The molecule has 0 bridgehead atoms. The van der Waals surface area contributed by atoms with E-state index in [2.05, 4.69) is 0 Å². The highest BCUT2D eigenvalue weighted by atomic mass is 35.5. The maximum absolute atomic E-state index is 11.6. The molecule has 0 radical (unpaired) electrons. The van der Waals surface area contributed by atoms with E-state index < -0.39 is 10.9 Å². The van der Waals surface area contributed by atoms with Gasteiger partial charge in [0.1, 0.15) is 11.5 Å². The molecule has 0 fully saturated rings. The summed E-state index contributed by atoms with van der Waals surface area (Å²) in [5.41, 5.74) is 1.01. The Morgan fingerprint density at radius 1 is 1.04 bits per heavy atom. The van der Waals surface area contributed by atoms with Crippen molar-refractivity contribution < 1.29 is 19.2 Å². The Kier molecular flexibility index (Phi) is 4.86. The highest BCUT2D eigenvalue weighted by Crippen LogP contribution is 2.27. The van der Waals surface area contributed by atoms with Crippen LogP contribution in [-0.4, -0.2) is 16.0 Å². The number of carboxylic acids is 1. The first-order valence-electron chi connectivity index (χ1n) is 7.49. The summed E-state index contributed by atoms with van der Waals surface area (Å²) in [5, 5.41) is 20.8. The minimum Gasteiger partial charge on any atom is -0.478 e. The van der Waals surface area contributed by atoms with E-state index in [9.17, 15) is 20.0 Å². The molecule has 2 aromatic carbocycles. The normalized spacial score (nSPS) is 11.3. The van der Waals surface area contributed by atoms with Gasteiger partial charge >= 0.3 is 5.97 Å². The first-order valence-corrected chi connectivity index (χ1v) is 7.87. The van der Waals surface area contributed by atoms with Crippen molar-refractivity contribution in [3.05, 3.63) is 87.1 Å². The predicted molar refractivity (Wildman–Crippen MR) is 97.8 cm³/mol. The molecule has 130 valence electrons. The van der Waals surface area contributed by atoms with Crippen LogP contribution >= 0.6 is 11.6 Å². The number of nitro benzene ring substituents is 1. The van der Waals surface area contributed by atoms with Gasteiger partial charge in [0.2, 0.25) is 0 Å². The van der Waals surface area contributed by atoms with Crippen LogP contribution in [0.15, 0.2) is 65.1 Å². The van der Waals surface area contributed by atoms with Crippen LogP contribution < -0.4 is 0 Å². The first-order chi connectivity index (χ1) is 12.4. The fourth-order valence-corrected chi connectivity index (χ4v) is 2.50. The van der Waals surface area contributed by atoms with Crippen molar-refractivity contribution in [2.45, 2.75) is 0 Å². The number of non-ortho nitro benzene ring substituents is 1. The van der Waals surface area contributed by atoms with Crippen LogP contribution in [0.3, 0.4) is 0 Å². The second kappa shape index (κ2) is 7.25. The highest BCUT2D eigenvalue weighted by molar-refractivity contribution is 6.30. The molecule has 1 heterocycles. The van der Waals surface area contributed by atoms with Gasteiger partial charge in [0.15, 0.2) is 0 Å². The Labute approximate surface area is 153 Å². The number of carboxylic acid groups (broad SMARTS) is 1. The zero-order valence-corrected chi connectivity index (χ0v) is 14.0. The van der Waals surface area contributed by atoms with Crippen LogP contribution in [0.5, 0.6) is 0 Å². The molecule has 0 unspecified atom stereocenters. The Morgan fingerprint density at radius 2 is 1.69 bits per heavy atom. The smallest absolute Gasteiger partial charge is 0.336 e. The van der Waals surface area contributed by atoms with Gasteiger partial charge in [0.05, 0.1) is 10.5 Å². The van der Waals surface area contributed by atoms with Gasteiger partial charge in [-0.25, -0.2) is 4.79 Å². The number of aliphatic carboxylic acids is 1. The van der Waals surface area contributed by atoms with E-state index in [1.54, 1.807) is 36.4 Å². The molecule has 7 heteroatoms. The van der Waals surface area contributed by atoms with Crippen molar-refractivity contribution in [1.82, 2.24) is 0 Å². The third-order valence-electron chi connectivity index (χ3n) is 3.66. The molecule has 0 aliphatic heterocycles. The largest absolute Gasteiger partial charge is 0.478 e. The molecule has 0 spiro atoms. The van der Waals surface area contributed by atoms with E-state index in [0.29, 0.717) is 22.1 Å². The van der Waals surface area contributed by atoms with Gasteiger partial charge in [-0.3, -0.25) is 10.1 Å². The molecule has 6 nitrogen and oxygen atoms in total. The maximum Gasteiger partial charge on any atom is 0.336 e. The molecule has 1 N–H and O–H groups in total. The number of nitrogens with zero attached hydrogens (tertiary/aromatic N) is 1. The summed E-state index contributed by atoms with van der Waals surface area (Å²) in [5.74, 6) is -0.240. The molecule has 26 heavy (non-hydrogen) atoms. The Hall–Kier alpha value is -3.38. The van der Waals surface area contributed by atoms with E-state index in [1.165, 1.54) is 30.3 Å². The lowest BCUT2D eigenvalue weighted by atomic mass is 10.0. The van der Waals surface area contributed by atoms with Crippen molar-refractivity contribution in [1.29, 1.82) is 0 Å². The first kappa shape index (κ1) is 17.4. The van der Waals surface area contributed by atoms with Gasteiger partial charge in [-0.05, 0) is 60.2 Å². The quantitative estimate of drug-likeness (QED) is 0.382. The molecule has 0 aliphatic rings. The monoisotopic (exact) mass is 369 g/mol. The SMILES string of the molecule is O=C(O)/C(=C/c1ccc(-c2ccc(Cl)cc2)o1)c1ccc([N+](=O)[O-])cc1. The summed E-state index contributed by atoms with van der Waals surface area (Å²) in [7, 11) is 0. The predicted octanol–water partition coefficient (Wildman–Crippen LogP) is 5.13. The average molecular weight is 370 g/mol. The Bertz CT molecular complexity index is 988. The third kappa shape index (κ3) is 3.81. The number of nitro groups is 1. The van der Waals surface area contributed by atoms with Gasteiger partial charge in [-0.15, -0.1) is 0 Å². The van der Waals surface area contributed by atoms with Crippen LogP contribution in [0.2, 0.25) is 5.02 Å². The lowest BCUT2D eigenvalue weighted by Gasteiger charge is -2.02. The van der Waals surface area contributed by atoms with Gasteiger partial charge in [-0.2, -0.15) is 0 Å². The number of hydrogen-bond donors (Lipinski definition) is 1. The van der Waals surface area contributed by atoms with Gasteiger partial charge in [0.25, 0.3) is 5.69 Å². The molecule has 0 saturated heterocycles. The molecule has 3 rings (SSSR count). The number of rotatable bonds is 5. The molecule has 0 atom stereocenters. The maximum atomic E-state index is 11.6. The minimum absolute atomic E-state index is 0.0306. The Balaban J connectivity index is 1.93. The molecular formula is C19H12ClNO5. The van der Waals surface area contributed by atoms with E-state index in [-0.39, 0.29) is 11.3 Å². The number of benzene rings is 2. The number of hydrogen-bond acceptors (Lipinski definition) is 4. The average Bonchev–Trinajstić information content (AvgIpc) is 3.09. The topological polar surface area (TPSA) is 93.6 Å². The molecule has 1 aromatic heterocycles. The molecule has 0 saturated carbocycles. The van der Waals surface area contributed by atoms with Crippen LogP contribution in [0, 0.1) is 10.1 Å². The van der Waals surface area contributed by atoms with E-state index in [4.69, 9.17) is 16.0 Å². The molecule has 0 amide bonds. The lowest BCUT2D eigenvalue weighted by Crippen LogP contribution is -1.99. The molecule has 3 aromatic rings. The number of halogens is 1. The lowest BCUT2D eigenvalue weighted by molar-refractivity contribution is -0.384. The summed E-state index contributed by atoms with van der Waals surface area (Å²) >= 11 is 5.86. The fraction of sp³-hybridized carbons (Fsp3) is 0. The number of carbonyl (C=O) groups is 1. The summed E-state index contributed by atoms with van der Waals surface area (Å²) in [6.45, 7) is 0. The van der Waals surface area contributed by atoms with Crippen molar-refractivity contribution >= 4 is 34.9 Å². The van der Waals surface area contributed by atoms with E-state index in [0.717, 1.165) is 5.56 Å². The minimum atomic E-state index is -1.16. The summed E-state index contributed by atoms with van der Waals surface area (Å²) in [6, 6.07) is 15.7. The van der Waals surface area contributed by atoms with Crippen molar-refractivity contribution in [2.75, 3.05) is 0 Å². The zero-order chi connectivity index (χ0) is 18.7.